The van der Waals surface area contributed by atoms with Crippen LogP contribution in [-0.4, -0.2) is 101 Å². The first kappa shape index (κ1) is 53.3. The Labute approximate surface area is 446 Å². The molecule has 0 amide bonds. The van der Waals surface area contributed by atoms with Gasteiger partial charge in [0.2, 0.25) is 0 Å². The molecule has 2 N–H and O–H groups in total. The number of likely N-dealkylation sites (tertiary alicyclic amines) is 2. The van der Waals surface area contributed by atoms with Gasteiger partial charge in [0, 0.05) is 39.0 Å². The number of ketones is 2. The van der Waals surface area contributed by atoms with Crippen LogP contribution in [0.4, 0.5) is 11.6 Å². The summed E-state index contributed by atoms with van der Waals surface area (Å²) in [5.74, 6) is 3.27. The molecular formula is C60H72N12O4. The number of anilines is 2. The molecule has 16 heteroatoms. The van der Waals surface area contributed by atoms with Crippen molar-refractivity contribution < 1.29 is 19.1 Å². The summed E-state index contributed by atoms with van der Waals surface area (Å²) in [6, 6.07) is 33.2. The van der Waals surface area contributed by atoms with E-state index in [0.717, 1.165) is 83.3 Å². The largest absolute Gasteiger partial charge is 0.497 e. The second kappa shape index (κ2) is 26.3. The summed E-state index contributed by atoms with van der Waals surface area (Å²) in [6.07, 6.45) is 13.2. The van der Waals surface area contributed by atoms with Gasteiger partial charge in [-0.15, -0.1) is 0 Å². The first-order valence-corrected chi connectivity index (χ1v) is 27.1. The number of unbranched alkanes of at least 4 members (excludes halogenated alkanes) is 2. The molecule has 76 heavy (non-hydrogen) atoms. The lowest BCUT2D eigenvalue weighted by atomic mass is 10.1. The van der Waals surface area contributed by atoms with Crippen LogP contribution in [0.2, 0.25) is 0 Å². The minimum atomic E-state index is -0.0414. The number of hydrogen-bond acceptors (Lipinski definition) is 14. The van der Waals surface area contributed by atoms with Crippen LogP contribution in [0.25, 0.3) is 22.1 Å². The van der Waals surface area contributed by atoms with E-state index in [1.54, 1.807) is 26.6 Å². The Morgan fingerprint density at radius 3 is 1.16 bits per heavy atom. The second-order valence-electron chi connectivity index (χ2n) is 19.9. The van der Waals surface area contributed by atoms with Gasteiger partial charge in [0.25, 0.3) is 0 Å². The summed E-state index contributed by atoms with van der Waals surface area (Å²) < 4.78 is 14.2. The fourth-order valence-corrected chi connectivity index (χ4v) is 9.66. The lowest BCUT2D eigenvalue weighted by Gasteiger charge is -2.14. The van der Waals surface area contributed by atoms with E-state index in [1.165, 1.54) is 63.0 Å². The molecule has 0 aliphatic carbocycles. The van der Waals surface area contributed by atoms with E-state index in [2.05, 4.69) is 113 Å². The molecule has 0 radical (unpaired) electrons. The molecule has 2 saturated heterocycles. The summed E-state index contributed by atoms with van der Waals surface area (Å²) >= 11 is 0. The molecule has 6 heterocycles. The highest BCUT2D eigenvalue weighted by Gasteiger charge is 2.20. The predicted molar refractivity (Wildman–Crippen MR) is 299 cm³/mol. The maximum Gasteiger partial charge on any atom is 0.200 e. The third-order valence-corrected chi connectivity index (χ3v) is 14.2. The van der Waals surface area contributed by atoms with Gasteiger partial charge in [-0.05, 0) is 122 Å². The number of nitrogens with zero attached hydrogens (tertiary/aromatic N) is 10. The second-order valence-corrected chi connectivity index (χ2v) is 19.9. The lowest BCUT2D eigenvalue weighted by Crippen LogP contribution is -2.18. The normalized spacial score (nSPS) is 13.7. The van der Waals surface area contributed by atoms with Crippen molar-refractivity contribution in [1.82, 2.24) is 49.3 Å². The van der Waals surface area contributed by atoms with Gasteiger partial charge in [0.1, 0.15) is 23.1 Å². The van der Waals surface area contributed by atoms with Gasteiger partial charge >= 0.3 is 0 Å². The number of Topliss-reactive ketones (excluding diaryl/α,β-unsaturated/α-hetero) is 2. The molecule has 2 aliphatic rings. The molecule has 2 fully saturated rings. The zero-order chi connectivity index (χ0) is 52.6. The Morgan fingerprint density at radius 1 is 0.474 bits per heavy atom. The van der Waals surface area contributed by atoms with Crippen LogP contribution < -0.4 is 20.1 Å². The highest BCUT2D eigenvalue weighted by atomic mass is 16.5. The third kappa shape index (κ3) is 14.0. The van der Waals surface area contributed by atoms with E-state index in [1.807, 2.05) is 57.9 Å². The van der Waals surface area contributed by atoms with Gasteiger partial charge in [-0.2, -0.15) is 10.2 Å². The van der Waals surface area contributed by atoms with E-state index in [-0.39, 0.29) is 23.2 Å². The van der Waals surface area contributed by atoms with Crippen molar-refractivity contribution >= 4 is 45.3 Å². The number of carbonyl (C=O) groups is 2. The van der Waals surface area contributed by atoms with Crippen molar-refractivity contribution in [3.8, 4) is 11.5 Å². The molecule has 16 nitrogen and oxygen atoms in total. The molecule has 0 bridgehead atoms. The topological polar surface area (TPSA) is 170 Å². The molecule has 2 aliphatic heterocycles. The number of benzene rings is 4. The highest BCUT2D eigenvalue weighted by molar-refractivity contribution is 5.97. The van der Waals surface area contributed by atoms with Crippen molar-refractivity contribution in [3.05, 3.63) is 154 Å². The van der Waals surface area contributed by atoms with E-state index in [4.69, 9.17) is 9.47 Å². The maximum absolute atomic E-state index is 12.9. The SMILES string of the molecule is CCCCC(=O)c1nc(NCc2ccc(OC)cc2)c2cnn(Cc3ccc(CN4CCCC4)cc3)c2n1.CCCCC(=O)c1nc(NCc2ccc(OC)cc2)c2cnn(Cc3ccc(CN4CCCC4)cc3)c2n1. The monoisotopic (exact) mass is 1020 g/mol. The van der Waals surface area contributed by atoms with Crippen molar-refractivity contribution in [1.29, 1.82) is 0 Å². The van der Waals surface area contributed by atoms with Crippen molar-refractivity contribution in [2.24, 2.45) is 0 Å². The number of ether oxygens (including phenoxy) is 2. The zero-order valence-corrected chi connectivity index (χ0v) is 44.6. The van der Waals surface area contributed by atoms with Gasteiger partial charge in [0.15, 0.2) is 34.5 Å². The van der Waals surface area contributed by atoms with Crippen LogP contribution in [0.3, 0.4) is 0 Å². The van der Waals surface area contributed by atoms with Crippen molar-refractivity contribution in [2.75, 3.05) is 51.0 Å². The number of carbonyl (C=O) groups excluding carboxylic acids is 2. The van der Waals surface area contributed by atoms with Crippen LogP contribution in [0.1, 0.15) is 133 Å². The van der Waals surface area contributed by atoms with Crippen LogP contribution in [-0.2, 0) is 39.3 Å². The number of methoxy groups -OCH3 is 2. The molecule has 10 rings (SSSR count). The van der Waals surface area contributed by atoms with Crippen LogP contribution >= 0.6 is 0 Å². The zero-order valence-electron chi connectivity index (χ0n) is 44.6. The highest BCUT2D eigenvalue weighted by Crippen LogP contribution is 2.26. The predicted octanol–water partition coefficient (Wildman–Crippen LogP) is 10.9. The van der Waals surface area contributed by atoms with Gasteiger partial charge < -0.3 is 20.1 Å². The number of hydrogen-bond donors (Lipinski definition) is 2. The van der Waals surface area contributed by atoms with Gasteiger partial charge in [-0.1, -0.05) is 99.5 Å². The Bertz CT molecular complexity index is 2930. The average molecular weight is 1030 g/mol. The summed E-state index contributed by atoms with van der Waals surface area (Å²) in [4.78, 5) is 49.5. The Balaban J connectivity index is 0.000000186. The summed E-state index contributed by atoms with van der Waals surface area (Å²) in [6.45, 7) is 13.2. The minimum Gasteiger partial charge on any atom is -0.497 e. The van der Waals surface area contributed by atoms with Gasteiger partial charge in [-0.3, -0.25) is 19.4 Å². The molecule has 0 unspecified atom stereocenters. The fraction of sp³-hybridized carbons (Fsp3) is 0.400. The Morgan fingerprint density at radius 2 is 0.816 bits per heavy atom. The molecule has 4 aromatic heterocycles. The van der Waals surface area contributed by atoms with Crippen molar-refractivity contribution in [3.63, 3.8) is 0 Å². The van der Waals surface area contributed by atoms with Gasteiger partial charge in [0.05, 0.1) is 50.5 Å². The number of aromatic nitrogens is 8. The van der Waals surface area contributed by atoms with Crippen LogP contribution in [0.15, 0.2) is 109 Å². The molecule has 0 atom stereocenters. The van der Waals surface area contributed by atoms with E-state index in [0.29, 0.717) is 62.0 Å². The lowest BCUT2D eigenvalue weighted by molar-refractivity contribution is 0.0962. The third-order valence-electron chi connectivity index (χ3n) is 14.2. The molecular weight excluding hydrogens is 953 g/mol. The maximum atomic E-state index is 12.9. The molecule has 0 spiro atoms. The van der Waals surface area contributed by atoms with Gasteiger partial charge in [-0.25, -0.2) is 29.3 Å². The quantitative estimate of drug-likeness (QED) is 0.0548. The van der Waals surface area contributed by atoms with Crippen LogP contribution in [0.5, 0.6) is 11.5 Å². The standard InChI is InChI=1S/2C30H36N6O2/c2*1-3-4-7-27(37)29-33-28(31-18-22-12-14-25(38-2)15-13-22)26-19-32-36(30(26)34-29)21-24-10-8-23(9-11-24)20-35-16-5-6-17-35/h2*8-15,19H,3-7,16-18,20-21H2,1-2H3,(H,31,33,34). The average Bonchev–Trinajstić information content (AvgIpc) is 4.33. The molecule has 396 valence electrons. The van der Waals surface area contributed by atoms with E-state index in [9.17, 15) is 9.59 Å². The first-order chi connectivity index (χ1) is 37.2. The first-order valence-electron chi connectivity index (χ1n) is 27.1. The molecule has 4 aromatic carbocycles. The Kier molecular flexibility index (Phi) is 18.4. The summed E-state index contributed by atoms with van der Waals surface area (Å²) in [5.41, 5.74) is 8.44. The number of nitrogens with one attached hydrogen (secondary N) is 2. The van der Waals surface area contributed by atoms with E-state index >= 15 is 0 Å². The minimum absolute atomic E-state index is 0.0414. The van der Waals surface area contributed by atoms with Crippen molar-refractivity contribution in [2.45, 2.75) is 117 Å². The van der Waals surface area contributed by atoms with E-state index < -0.39 is 0 Å². The Hall–Kier alpha value is -7.56. The number of fused-ring (bicyclic) bond motifs is 2. The smallest absolute Gasteiger partial charge is 0.200 e. The summed E-state index contributed by atoms with van der Waals surface area (Å²) in [5, 5.41) is 17.7. The fourth-order valence-electron chi connectivity index (χ4n) is 9.66. The molecule has 8 aromatic rings. The summed E-state index contributed by atoms with van der Waals surface area (Å²) in [7, 11) is 3.31. The number of rotatable bonds is 24. The van der Waals surface area contributed by atoms with Crippen LogP contribution in [0, 0.1) is 0 Å². The molecule has 0 saturated carbocycles.